The number of rotatable bonds is 7. The first-order valence-corrected chi connectivity index (χ1v) is 6.23. The van der Waals surface area contributed by atoms with Crippen LogP contribution in [0.25, 0.3) is 0 Å². The number of carbonyl (C=O) groups excluding carboxylic acids is 1. The number of hydroxylamine groups is 2. The molecule has 1 atom stereocenters. The van der Waals surface area contributed by atoms with E-state index < -0.39 is 0 Å². The van der Waals surface area contributed by atoms with Crippen molar-refractivity contribution < 1.29 is 19.1 Å². The molecule has 0 heterocycles. The molecule has 0 aliphatic heterocycles. The van der Waals surface area contributed by atoms with Gasteiger partial charge < -0.3 is 9.47 Å². The van der Waals surface area contributed by atoms with Crippen LogP contribution >= 0.6 is 0 Å². The van der Waals surface area contributed by atoms with E-state index in [9.17, 15) is 4.79 Å². The third-order valence-corrected chi connectivity index (χ3v) is 2.68. The molecule has 0 fully saturated rings. The van der Waals surface area contributed by atoms with Crippen LogP contribution in [0.2, 0.25) is 0 Å². The van der Waals surface area contributed by atoms with Crippen LogP contribution < -0.4 is 0 Å². The topological polar surface area (TPSA) is 48.0 Å². The van der Waals surface area contributed by atoms with Crippen LogP contribution in [0.15, 0.2) is 24.3 Å². The largest absolute Gasteiger partial charge is 0.353 e. The summed E-state index contributed by atoms with van der Waals surface area (Å²) >= 11 is 0. The highest BCUT2D eigenvalue weighted by atomic mass is 16.7. The van der Waals surface area contributed by atoms with Crippen molar-refractivity contribution in [2.75, 3.05) is 20.8 Å². The van der Waals surface area contributed by atoms with E-state index >= 15 is 0 Å². The molecule has 1 unspecified atom stereocenters. The summed E-state index contributed by atoms with van der Waals surface area (Å²) in [5.74, 6) is -0.203. The molecule has 1 aromatic carbocycles. The Bertz CT molecular complexity index is 408. The average molecular weight is 267 g/mol. The van der Waals surface area contributed by atoms with Crippen molar-refractivity contribution in [2.45, 2.75) is 26.7 Å². The lowest BCUT2D eigenvalue weighted by atomic mass is 10.1. The minimum atomic E-state index is -0.298. The lowest BCUT2D eigenvalue weighted by Gasteiger charge is -2.17. The Morgan fingerprint density at radius 3 is 2.63 bits per heavy atom. The van der Waals surface area contributed by atoms with E-state index in [0.717, 1.165) is 5.56 Å². The number of ether oxygens (including phenoxy) is 2. The Labute approximate surface area is 114 Å². The van der Waals surface area contributed by atoms with Gasteiger partial charge in [0.25, 0.3) is 5.91 Å². The molecular formula is C14H21NO4. The predicted octanol–water partition coefficient (Wildman–Crippen LogP) is 2.22. The van der Waals surface area contributed by atoms with Crippen LogP contribution in [0.5, 0.6) is 0 Å². The summed E-state index contributed by atoms with van der Waals surface area (Å²) in [4.78, 5) is 17.0. The lowest BCUT2D eigenvalue weighted by molar-refractivity contribution is -0.134. The zero-order valence-electron chi connectivity index (χ0n) is 11.9. The first kappa shape index (κ1) is 15.6. The number of hydrogen-bond donors (Lipinski definition) is 0. The SMILES string of the molecule is CCOC(C)OCc1ccccc1C(=O)N(C)OC. The second-order valence-electron chi connectivity index (χ2n) is 3.98. The van der Waals surface area contributed by atoms with Crippen molar-refractivity contribution in [2.24, 2.45) is 0 Å². The zero-order valence-corrected chi connectivity index (χ0v) is 11.9. The van der Waals surface area contributed by atoms with Crippen LogP contribution in [0, 0.1) is 0 Å². The maximum atomic E-state index is 12.1. The van der Waals surface area contributed by atoms with Crippen LogP contribution in [0.4, 0.5) is 0 Å². The molecule has 0 aliphatic carbocycles. The summed E-state index contributed by atoms with van der Waals surface area (Å²) < 4.78 is 10.8. The van der Waals surface area contributed by atoms with Gasteiger partial charge in [-0.15, -0.1) is 0 Å². The Morgan fingerprint density at radius 1 is 1.32 bits per heavy atom. The number of amides is 1. The quantitative estimate of drug-likeness (QED) is 0.561. The lowest BCUT2D eigenvalue weighted by Crippen LogP contribution is -2.26. The number of benzene rings is 1. The van der Waals surface area contributed by atoms with Gasteiger partial charge in [0.2, 0.25) is 0 Å². The van der Waals surface area contributed by atoms with E-state index in [4.69, 9.17) is 14.3 Å². The molecule has 0 aromatic heterocycles. The van der Waals surface area contributed by atoms with Gasteiger partial charge in [-0.25, -0.2) is 5.06 Å². The highest BCUT2D eigenvalue weighted by molar-refractivity contribution is 5.94. The molecule has 0 N–H and O–H groups in total. The molecule has 0 saturated carbocycles. The summed E-state index contributed by atoms with van der Waals surface area (Å²) in [5, 5.41) is 1.19. The van der Waals surface area contributed by atoms with Gasteiger partial charge in [-0.2, -0.15) is 0 Å². The highest BCUT2D eigenvalue weighted by Gasteiger charge is 2.15. The fourth-order valence-electron chi connectivity index (χ4n) is 1.60. The van der Waals surface area contributed by atoms with E-state index in [1.165, 1.54) is 12.2 Å². The summed E-state index contributed by atoms with van der Waals surface area (Å²) in [5.41, 5.74) is 1.37. The Balaban J connectivity index is 2.76. The van der Waals surface area contributed by atoms with Gasteiger partial charge in [0.15, 0.2) is 6.29 Å². The Kier molecular flexibility index (Phi) is 6.49. The summed E-state index contributed by atoms with van der Waals surface area (Å²) in [6, 6.07) is 7.29. The fraction of sp³-hybridized carbons (Fsp3) is 0.500. The second-order valence-corrected chi connectivity index (χ2v) is 3.98. The van der Waals surface area contributed by atoms with Crippen molar-refractivity contribution in [3.05, 3.63) is 35.4 Å². The van der Waals surface area contributed by atoms with Gasteiger partial charge in [0.1, 0.15) is 0 Å². The summed E-state index contributed by atoms with van der Waals surface area (Å²) in [7, 11) is 3.02. The van der Waals surface area contributed by atoms with E-state index in [1.54, 1.807) is 13.1 Å². The molecule has 0 saturated heterocycles. The maximum Gasteiger partial charge on any atom is 0.277 e. The summed E-state index contributed by atoms with van der Waals surface area (Å²) in [6.45, 7) is 4.65. The predicted molar refractivity (Wildman–Crippen MR) is 71.4 cm³/mol. The molecule has 1 aromatic rings. The van der Waals surface area contributed by atoms with Crippen LogP contribution in [0.1, 0.15) is 29.8 Å². The van der Waals surface area contributed by atoms with E-state index in [2.05, 4.69) is 0 Å². The molecule has 0 radical (unpaired) electrons. The highest BCUT2D eigenvalue weighted by Crippen LogP contribution is 2.13. The Hall–Kier alpha value is -1.43. The minimum absolute atomic E-state index is 0.203. The molecule has 1 amide bonds. The molecule has 0 aliphatic rings. The van der Waals surface area contributed by atoms with Gasteiger partial charge >= 0.3 is 0 Å². The van der Waals surface area contributed by atoms with Crippen molar-refractivity contribution in [1.29, 1.82) is 0 Å². The monoisotopic (exact) mass is 267 g/mol. The van der Waals surface area contributed by atoms with Crippen molar-refractivity contribution >= 4 is 5.91 Å². The summed E-state index contributed by atoms with van der Waals surface area (Å²) in [6.07, 6.45) is -0.298. The molecule has 5 nitrogen and oxygen atoms in total. The van der Waals surface area contributed by atoms with Gasteiger partial charge in [0, 0.05) is 19.2 Å². The second kappa shape index (κ2) is 7.89. The van der Waals surface area contributed by atoms with Gasteiger partial charge in [-0.05, 0) is 25.5 Å². The average Bonchev–Trinajstić information content (AvgIpc) is 2.44. The van der Waals surface area contributed by atoms with E-state index in [-0.39, 0.29) is 12.2 Å². The van der Waals surface area contributed by atoms with Crippen molar-refractivity contribution in [3.8, 4) is 0 Å². The van der Waals surface area contributed by atoms with Gasteiger partial charge in [-0.3, -0.25) is 9.63 Å². The molecule has 1 rings (SSSR count). The van der Waals surface area contributed by atoms with Gasteiger partial charge in [-0.1, -0.05) is 18.2 Å². The Morgan fingerprint density at radius 2 is 2.00 bits per heavy atom. The normalized spacial score (nSPS) is 12.2. The zero-order chi connectivity index (χ0) is 14.3. The minimum Gasteiger partial charge on any atom is -0.353 e. The van der Waals surface area contributed by atoms with Crippen molar-refractivity contribution in [1.82, 2.24) is 5.06 Å². The molecule has 19 heavy (non-hydrogen) atoms. The molecule has 106 valence electrons. The smallest absolute Gasteiger partial charge is 0.277 e. The molecular weight excluding hydrogens is 246 g/mol. The van der Waals surface area contributed by atoms with Crippen LogP contribution in [-0.2, 0) is 20.9 Å². The van der Waals surface area contributed by atoms with E-state index in [1.807, 2.05) is 32.0 Å². The van der Waals surface area contributed by atoms with Gasteiger partial charge in [0.05, 0.1) is 13.7 Å². The van der Waals surface area contributed by atoms with Crippen LogP contribution in [-0.4, -0.2) is 38.0 Å². The number of hydrogen-bond acceptors (Lipinski definition) is 4. The van der Waals surface area contributed by atoms with E-state index in [0.29, 0.717) is 18.8 Å². The third kappa shape index (κ3) is 4.63. The fourth-order valence-corrected chi connectivity index (χ4v) is 1.60. The number of carbonyl (C=O) groups is 1. The first-order chi connectivity index (χ1) is 9.10. The molecule has 5 heteroatoms. The first-order valence-electron chi connectivity index (χ1n) is 6.23. The molecule has 0 spiro atoms. The third-order valence-electron chi connectivity index (χ3n) is 2.68. The van der Waals surface area contributed by atoms with Crippen molar-refractivity contribution in [3.63, 3.8) is 0 Å². The molecule has 0 bridgehead atoms. The maximum absolute atomic E-state index is 12.1. The number of nitrogens with zero attached hydrogens (tertiary/aromatic N) is 1. The standard InChI is InChI=1S/C14H21NO4/c1-5-18-11(2)19-10-12-8-6-7-9-13(12)14(16)15(3)17-4/h6-9,11H,5,10H2,1-4H3. The van der Waals surface area contributed by atoms with Crippen LogP contribution in [0.3, 0.4) is 0 Å².